The molecule has 18 heavy (non-hydrogen) atoms. The second kappa shape index (κ2) is 4.84. The maximum Gasteiger partial charge on any atom is 0.281 e. The number of hydrogen-bond acceptors (Lipinski definition) is 3. The molecule has 1 amide bonds. The zero-order valence-corrected chi connectivity index (χ0v) is 11.4. The van der Waals surface area contributed by atoms with Crippen LogP contribution in [0, 0.1) is 17.8 Å². The summed E-state index contributed by atoms with van der Waals surface area (Å²) in [7, 11) is 0. The molecule has 2 aliphatic rings. The van der Waals surface area contributed by atoms with E-state index in [0.29, 0.717) is 5.92 Å². The highest BCUT2D eigenvalue weighted by atomic mass is 32.1. The van der Waals surface area contributed by atoms with E-state index in [9.17, 15) is 4.79 Å². The molecular weight excluding hydrogens is 244 g/mol. The number of rotatable bonds is 3. The van der Waals surface area contributed by atoms with Gasteiger partial charge in [-0.2, -0.15) is 5.10 Å². The maximum atomic E-state index is 11.8. The minimum Gasteiger partial charge on any atom is -0.266 e. The van der Waals surface area contributed by atoms with Crippen molar-refractivity contribution in [1.29, 1.82) is 0 Å². The van der Waals surface area contributed by atoms with Gasteiger partial charge in [-0.3, -0.25) is 4.79 Å². The van der Waals surface area contributed by atoms with Gasteiger partial charge in [0.25, 0.3) is 5.91 Å². The number of nitrogens with one attached hydrogen (secondary N) is 1. The Morgan fingerprint density at radius 1 is 1.44 bits per heavy atom. The van der Waals surface area contributed by atoms with E-state index in [0.717, 1.165) is 22.4 Å². The van der Waals surface area contributed by atoms with Crippen LogP contribution in [0.15, 0.2) is 22.6 Å². The lowest BCUT2D eigenvalue weighted by Gasteiger charge is -2.21. The third-order valence-corrected chi connectivity index (χ3v) is 5.22. The second-order valence-corrected chi connectivity index (χ2v) is 6.40. The quantitative estimate of drug-likeness (QED) is 0.659. The van der Waals surface area contributed by atoms with Crippen molar-refractivity contribution in [3.05, 3.63) is 22.4 Å². The topological polar surface area (TPSA) is 41.5 Å². The molecule has 0 radical (unpaired) electrons. The van der Waals surface area contributed by atoms with Crippen LogP contribution in [-0.4, -0.2) is 11.6 Å². The average molecular weight is 262 g/mol. The Labute approximate surface area is 111 Å². The predicted molar refractivity (Wildman–Crippen MR) is 73.8 cm³/mol. The number of fused-ring (bicyclic) bond motifs is 2. The van der Waals surface area contributed by atoms with Crippen molar-refractivity contribution in [2.24, 2.45) is 22.9 Å². The Balaban J connectivity index is 1.61. The molecule has 4 heteroatoms. The van der Waals surface area contributed by atoms with Crippen LogP contribution in [-0.2, 0) is 0 Å². The molecule has 3 rings (SSSR count). The van der Waals surface area contributed by atoms with E-state index >= 15 is 0 Å². The van der Waals surface area contributed by atoms with E-state index < -0.39 is 0 Å². The normalized spacial score (nSPS) is 30.7. The first-order valence-electron chi connectivity index (χ1n) is 6.62. The van der Waals surface area contributed by atoms with E-state index in [-0.39, 0.29) is 5.91 Å². The summed E-state index contributed by atoms with van der Waals surface area (Å²) in [5.41, 5.74) is 3.78. The first-order valence-corrected chi connectivity index (χ1v) is 7.50. The van der Waals surface area contributed by atoms with Crippen molar-refractivity contribution in [2.75, 3.05) is 0 Å². The largest absolute Gasteiger partial charge is 0.281 e. The lowest BCUT2D eigenvalue weighted by Crippen LogP contribution is -2.24. The van der Waals surface area contributed by atoms with Crippen molar-refractivity contribution in [1.82, 2.24) is 5.43 Å². The molecule has 0 saturated heterocycles. The molecule has 2 bridgehead atoms. The van der Waals surface area contributed by atoms with Crippen LogP contribution < -0.4 is 5.43 Å². The van der Waals surface area contributed by atoms with Gasteiger partial charge in [-0.1, -0.05) is 12.5 Å². The lowest BCUT2D eigenvalue weighted by atomic mass is 9.86. The summed E-state index contributed by atoms with van der Waals surface area (Å²) in [5.74, 6) is 2.25. The smallest absolute Gasteiger partial charge is 0.266 e. The fraction of sp³-hybridized carbons (Fsp3) is 0.571. The van der Waals surface area contributed by atoms with Gasteiger partial charge in [0, 0.05) is 11.6 Å². The number of hydrogen-bond donors (Lipinski definition) is 1. The van der Waals surface area contributed by atoms with Crippen molar-refractivity contribution >= 4 is 23.0 Å². The molecule has 3 atom stereocenters. The van der Waals surface area contributed by atoms with Crippen molar-refractivity contribution in [2.45, 2.75) is 32.6 Å². The molecule has 2 aliphatic carbocycles. The van der Waals surface area contributed by atoms with Gasteiger partial charge >= 0.3 is 0 Å². The van der Waals surface area contributed by atoms with E-state index in [1.54, 1.807) is 0 Å². The van der Waals surface area contributed by atoms with Gasteiger partial charge in [-0.25, -0.2) is 5.43 Å². The standard InChI is InChI=1S/C14H18N2OS/c1-9(12-8-10-4-5-11(12)7-10)15-16-14(17)13-3-2-6-18-13/h2-3,6,10-12H,4-5,7-8H2,1H3,(H,16,17)/b15-9+. The predicted octanol–water partition coefficient (Wildman–Crippen LogP) is 3.29. The highest BCUT2D eigenvalue weighted by Crippen LogP contribution is 2.48. The molecule has 2 fully saturated rings. The summed E-state index contributed by atoms with van der Waals surface area (Å²) in [6.07, 6.45) is 5.39. The molecule has 3 nitrogen and oxygen atoms in total. The minimum atomic E-state index is -0.0903. The number of carbonyl (C=O) groups excluding carboxylic acids is 1. The fourth-order valence-corrected chi connectivity index (χ4v) is 4.05. The van der Waals surface area contributed by atoms with Crippen molar-refractivity contribution < 1.29 is 4.79 Å². The Morgan fingerprint density at radius 3 is 2.94 bits per heavy atom. The first-order chi connectivity index (χ1) is 8.74. The summed E-state index contributed by atoms with van der Waals surface area (Å²) >= 11 is 1.45. The van der Waals surface area contributed by atoms with Gasteiger partial charge in [-0.15, -0.1) is 11.3 Å². The summed E-state index contributed by atoms with van der Waals surface area (Å²) in [6, 6.07) is 3.70. The van der Waals surface area contributed by atoms with Gasteiger partial charge < -0.3 is 0 Å². The number of nitrogens with zero attached hydrogens (tertiary/aromatic N) is 1. The molecule has 0 aliphatic heterocycles. The lowest BCUT2D eigenvalue weighted by molar-refractivity contribution is 0.0958. The van der Waals surface area contributed by atoms with E-state index in [2.05, 4.69) is 17.5 Å². The molecule has 1 aromatic heterocycles. The van der Waals surface area contributed by atoms with Crippen LogP contribution >= 0.6 is 11.3 Å². The molecule has 1 N–H and O–H groups in total. The Hall–Kier alpha value is -1.16. The summed E-state index contributed by atoms with van der Waals surface area (Å²) in [4.78, 5) is 12.5. The van der Waals surface area contributed by atoms with Gasteiger partial charge in [0.15, 0.2) is 0 Å². The molecule has 0 aromatic carbocycles. The number of thiophene rings is 1. The molecule has 3 unspecified atom stereocenters. The van der Waals surface area contributed by atoms with E-state index in [1.807, 2.05) is 17.5 Å². The van der Waals surface area contributed by atoms with Crippen LogP contribution in [0.1, 0.15) is 42.3 Å². The zero-order valence-electron chi connectivity index (χ0n) is 10.6. The van der Waals surface area contributed by atoms with Crippen molar-refractivity contribution in [3.8, 4) is 0 Å². The monoisotopic (exact) mass is 262 g/mol. The molecule has 1 aromatic rings. The third-order valence-electron chi connectivity index (χ3n) is 4.35. The SMILES string of the molecule is C/C(=N\NC(=O)c1cccs1)C1CC2CCC1C2. The van der Waals surface area contributed by atoms with E-state index in [1.165, 1.54) is 37.0 Å². The second-order valence-electron chi connectivity index (χ2n) is 5.45. The van der Waals surface area contributed by atoms with Gasteiger partial charge in [0.05, 0.1) is 4.88 Å². The van der Waals surface area contributed by atoms with Crippen LogP contribution in [0.5, 0.6) is 0 Å². The summed E-state index contributed by atoms with van der Waals surface area (Å²) < 4.78 is 0. The minimum absolute atomic E-state index is 0.0903. The summed E-state index contributed by atoms with van der Waals surface area (Å²) in [5, 5.41) is 6.21. The third kappa shape index (κ3) is 2.21. The van der Waals surface area contributed by atoms with Gasteiger partial charge in [0.1, 0.15) is 0 Å². The Morgan fingerprint density at radius 2 is 2.33 bits per heavy atom. The number of hydrazone groups is 1. The molecular formula is C14H18N2OS. The van der Waals surface area contributed by atoms with E-state index in [4.69, 9.17) is 0 Å². The van der Waals surface area contributed by atoms with Gasteiger partial charge in [0.2, 0.25) is 0 Å². The van der Waals surface area contributed by atoms with Gasteiger partial charge in [-0.05, 0) is 49.5 Å². The number of carbonyl (C=O) groups is 1. The van der Waals surface area contributed by atoms with Crippen LogP contribution in [0.25, 0.3) is 0 Å². The summed E-state index contributed by atoms with van der Waals surface area (Å²) in [6.45, 7) is 2.06. The maximum absolute atomic E-state index is 11.8. The van der Waals surface area contributed by atoms with Crippen LogP contribution in [0.4, 0.5) is 0 Å². The highest BCUT2D eigenvalue weighted by Gasteiger charge is 2.40. The molecule has 2 saturated carbocycles. The van der Waals surface area contributed by atoms with Crippen LogP contribution in [0.2, 0.25) is 0 Å². The fourth-order valence-electron chi connectivity index (χ4n) is 3.44. The van der Waals surface area contributed by atoms with Crippen LogP contribution in [0.3, 0.4) is 0 Å². The highest BCUT2D eigenvalue weighted by molar-refractivity contribution is 7.12. The first kappa shape index (κ1) is 11.9. The molecule has 0 spiro atoms. The number of amides is 1. The zero-order chi connectivity index (χ0) is 12.5. The Bertz CT molecular complexity index is 466. The Kier molecular flexibility index (Phi) is 3.20. The van der Waals surface area contributed by atoms with Crippen molar-refractivity contribution in [3.63, 3.8) is 0 Å². The molecule has 96 valence electrons. The molecule has 1 heterocycles. The average Bonchev–Trinajstić information content (AvgIpc) is 3.09.